The summed E-state index contributed by atoms with van der Waals surface area (Å²) in [5.74, 6) is 1.82. The number of aromatic nitrogens is 2. The van der Waals surface area contributed by atoms with Crippen LogP contribution in [0.15, 0.2) is 36.5 Å². The minimum atomic E-state index is 0. The van der Waals surface area contributed by atoms with Crippen molar-refractivity contribution in [2.24, 2.45) is 17.6 Å². The summed E-state index contributed by atoms with van der Waals surface area (Å²) in [5.41, 5.74) is 7.54. The Morgan fingerprint density at radius 1 is 1.20 bits per heavy atom. The van der Waals surface area contributed by atoms with Crippen molar-refractivity contribution in [2.45, 2.75) is 18.9 Å². The van der Waals surface area contributed by atoms with Crippen LogP contribution in [0.25, 0.3) is 5.69 Å². The summed E-state index contributed by atoms with van der Waals surface area (Å²) in [4.78, 5) is 14.6. The van der Waals surface area contributed by atoms with Crippen LogP contribution in [0.4, 0.5) is 0 Å². The Balaban J connectivity index is 0.00000182. The van der Waals surface area contributed by atoms with Crippen LogP contribution < -0.4 is 10.5 Å². The molecule has 7 heteroatoms. The number of halogens is 1. The maximum atomic E-state index is 12.7. The molecule has 1 saturated carbocycles. The normalized spacial score (nSPS) is 24.7. The predicted molar refractivity (Wildman–Crippen MR) is 97.5 cm³/mol. The number of fused-ring (bicyclic) bond motifs is 1. The third-order valence-electron chi connectivity index (χ3n) is 5.34. The lowest BCUT2D eigenvalue weighted by atomic mass is 9.98. The van der Waals surface area contributed by atoms with E-state index in [-0.39, 0.29) is 24.4 Å². The summed E-state index contributed by atoms with van der Waals surface area (Å²) in [6, 6.07) is 9.60. The second-order valence-corrected chi connectivity index (χ2v) is 6.72. The van der Waals surface area contributed by atoms with Crippen LogP contribution in [-0.2, 0) is 0 Å². The number of nitrogens with two attached hydrogens (primary N) is 1. The molecule has 4 rings (SSSR count). The van der Waals surface area contributed by atoms with Gasteiger partial charge in [0.05, 0.1) is 12.8 Å². The molecule has 0 bridgehead atoms. The number of benzene rings is 1. The first-order valence-electron chi connectivity index (χ1n) is 8.40. The van der Waals surface area contributed by atoms with Crippen LogP contribution in [0, 0.1) is 11.8 Å². The lowest BCUT2D eigenvalue weighted by Crippen LogP contribution is -2.33. The van der Waals surface area contributed by atoms with Gasteiger partial charge >= 0.3 is 0 Å². The highest BCUT2D eigenvalue weighted by molar-refractivity contribution is 5.92. The maximum Gasteiger partial charge on any atom is 0.274 e. The molecule has 2 heterocycles. The smallest absolute Gasteiger partial charge is 0.274 e. The van der Waals surface area contributed by atoms with Gasteiger partial charge in [-0.15, -0.1) is 12.4 Å². The maximum absolute atomic E-state index is 12.7. The summed E-state index contributed by atoms with van der Waals surface area (Å²) < 4.78 is 6.88. The van der Waals surface area contributed by atoms with Crippen molar-refractivity contribution in [1.82, 2.24) is 14.7 Å². The van der Waals surface area contributed by atoms with Gasteiger partial charge in [0.15, 0.2) is 5.69 Å². The zero-order valence-electron chi connectivity index (χ0n) is 14.2. The number of carbonyl (C=O) groups is 1. The van der Waals surface area contributed by atoms with E-state index >= 15 is 0 Å². The Kier molecular flexibility index (Phi) is 5.01. The molecule has 1 amide bonds. The average Bonchev–Trinajstić information content (AvgIpc) is 3.32. The van der Waals surface area contributed by atoms with E-state index in [9.17, 15) is 4.79 Å². The first kappa shape index (κ1) is 17.8. The molecule has 2 N–H and O–H groups in total. The lowest BCUT2D eigenvalue weighted by molar-refractivity contribution is 0.0773. The first-order chi connectivity index (χ1) is 11.7. The van der Waals surface area contributed by atoms with Crippen LogP contribution in [0.2, 0.25) is 0 Å². The second-order valence-electron chi connectivity index (χ2n) is 6.72. The molecule has 2 aliphatic rings. The van der Waals surface area contributed by atoms with Gasteiger partial charge in [-0.05, 0) is 55.0 Å². The van der Waals surface area contributed by atoms with Gasteiger partial charge in [0, 0.05) is 25.3 Å². The van der Waals surface area contributed by atoms with Gasteiger partial charge in [0.1, 0.15) is 5.75 Å². The number of likely N-dealkylation sites (tertiary alicyclic amines) is 1. The number of ether oxygens (including phenoxy) is 1. The molecule has 6 nitrogen and oxygen atoms in total. The third kappa shape index (κ3) is 3.24. The molecule has 25 heavy (non-hydrogen) atoms. The molecule has 2 aromatic rings. The van der Waals surface area contributed by atoms with E-state index in [1.807, 2.05) is 35.4 Å². The monoisotopic (exact) mass is 362 g/mol. The quantitative estimate of drug-likeness (QED) is 0.907. The fourth-order valence-electron chi connectivity index (χ4n) is 3.95. The second kappa shape index (κ2) is 7.06. The molecule has 3 unspecified atom stereocenters. The van der Waals surface area contributed by atoms with Gasteiger partial charge in [-0.2, -0.15) is 5.10 Å². The van der Waals surface area contributed by atoms with Gasteiger partial charge in [0.25, 0.3) is 5.91 Å². The molecule has 1 aliphatic heterocycles. The molecule has 3 atom stereocenters. The zero-order valence-corrected chi connectivity index (χ0v) is 15.0. The highest BCUT2D eigenvalue weighted by Gasteiger charge is 2.42. The van der Waals surface area contributed by atoms with Crippen molar-refractivity contribution in [1.29, 1.82) is 0 Å². The van der Waals surface area contributed by atoms with Gasteiger partial charge in [-0.25, -0.2) is 4.68 Å². The van der Waals surface area contributed by atoms with Crippen LogP contribution in [0.3, 0.4) is 0 Å². The van der Waals surface area contributed by atoms with E-state index < -0.39 is 0 Å². The Morgan fingerprint density at radius 2 is 1.96 bits per heavy atom. The van der Waals surface area contributed by atoms with Crippen LogP contribution in [0.5, 0.6) is 5.75 Å². The molecule has 1 aromatic carbocycles. The van der Waals surface area contributed by atoms with E-state index in [0.29, 0.717) is 17.5 Å². The number of nitrogens with zero attached hydrogens (tertiary/aromatic N) is 3. The molecular weight excluding hydrogens is 340 g/mol. The summed E-state index contributed by atoms with van der Waals surface area (Å²) in [5, 5.41) is 4.45. The number of hydrogen-bond donors (Lipinski definition) is 1. The van der Waals surface area contributed by atoms with Gasteiger partial charge < -0.3 is 15.4 Å². The van der Waals surface area contributed by atoms with Crippen molar-refractivity contribution in [3.05, 3.63) is 42.2 Å². The highest BCUT2D eigenvalue weighted by atomic mass is 35.5. The fourth-order valence-corrected chi connectivity index (χ4v) is 3.95. The minimum Gasteiger partial charge on any atom is -0.497 e. The topological polar surface area (TPSA) is 73.4 Å². The molecule has 0 radical (unpaired) electrons. The number of methoxy groups -OCH3 is 1. The summed E-state index contributed by atoms with van der Waals surface area (Å²) in [7, 11) is 1.64. The molecule has 134 valence electrons. The predicted octanol–water partition coefficient (Wildman–Crippen LogP) is 2.11. The average molecular weight is 363 g/mol. The first-order valence-corrected chi connectivity index (χ1v) is 8.40. The van der Waals surface area contributed by atoms with E-state index in [2.05, 4.69) is 5.10 Å². The summed E-state index contributed by atoms with van der Waals surface area (Å²) >= 11 is 0. The van der Waals surface area contributed by atoms with Crippen molar-refractivity contribution >= 4 is 18.3 Å². The summed E-state index contributed by atoms with van der Waals surface area (Å²) in [6.07, 6.45) is 4.04. The van der Waals surface area contributed by atoms with Crippen LogP contribution in [0.1, 0.15) is 23.3 Å². The van der Waals surface area contributed by atoms with E-state index in [1.165, 1.54) is 0 Å². The van der Waals surface area contributed by atoms with Crippen molar-refractivity contribution in [3.63, 3.8) is 0 Å². The Morgan fingerprint density at radius 3 is 2.64 bits per heavy atom. The number of rotatable bonds is 3. The molecule has 1 aliphatic carbocycles. The van der Waals surface area contributed by atoms with E-state index in [4.69, 9.17) is 10.5 Å². The summed E-state index contributed by atoms with van der Waals surface area (Å²) in [6.45, 7) is 1.58. The molecule has 1 aromatic heterocycles. The van der Waals surface area contributed by atoms with Gasteiger partial charge in [0.2, 0.25) is 0 Å². The standard InChI is InChI=1S/C18H22N4O2.ClH/c1-24-14-5-3-13(4-6-14)22-9-8-17(20-22)18(23)21-10-12-2-7-16(19)15(12)11-21;/h3-6,8-9,12,15-16H,2,7,10-11,19H2,1H3;1H. The van der Waals surface area contributed by atoms with E-state index in [0.717, 1.165) is 37.4 Å². The molecule has 2 fully saturated rings. The van der Waals surface area contributed by atoms with Gasteiger partial charge in [-0.3, -0.25) is 4.79 Å². The Bertz CT molecular complexity index is 746. The number of amides is 1. The van der Waals surface area contributed by atoms with Crippen LogP contribution >= 0.6 is 12.4 Å². The molecular formula is C18H23ClN4O2. The molecule has 0 spiro atoms. The largest absolute Gasteiger partial charge is 0.497 e. The number of hydrogen-bond acceptors (Lipinski definition) is 4. The highest BCUT2D eigenvalue weighted by Crippen LogP contribution is 2.37. The van der Waals surface area contributed by atoms with Gasteiger partial charge in [-0.1, -0.05) is 0 Å². The van der Waals surface area contributed by atoms with Crippen LogP contribution in [-0.4, -0.2) is 46.8 Å². The lowest BCUT2D eigenvalue weighted by Gasteiger charge is -2.17. The van der Waals surface area contributed by atoms with E-state index in [1.54, 1.807) is 17.9 Å². The Hall–Kier alpha value is -2.05. The Labute approximate surface area is 153 Å². The number of carbonyl (C=O) groups excluding carboxylic acids is 1. The fraction of sp³-hybridized carbons (Fsp3) is 0.444. The molecule has 1 saturated heterocycles. The SMILES string of the molecule is COc1ccc(-n2ccc(C(=O)N3CC4CCC(N)C4C3)n2)cc1.Cl. The van der Waals surface area contributed by atoms with Crippen molar-refractivity contribution in [2.75, 3.05) is 20.2 Å². The zero-order chi connectivity index (χ0) is 16.7. The third-order valence-corrected chi connectivity index (χ3v) is 5.34. The van der Waals surface area contributed by atoms with Crippen molar-refractivity contribution < 1.29 is 9.53 Å². The minimum absolute atomic E-state index is 0. The van der Waals surface area contributed by atoms with Crippen molar-refractivity contribution in [3.8, 4) is 11.4 Å².